The van der Waals surface area contributed by atoms with Gasteiger partial charge in [0, 0.05) is 0 Å². The third-order valence-corrected chi connectivity index (χ3v) is 4.14. The number of halogens is 6. The number of hydrogen-bond acceptors (Lipinski definition) is 4. The minimum atomic E-state index is -5.27. The van der Waals surface area contributed by atoms with Crippen molar-refractivity contribution in [2.45, 2.75) is 51.4 Å². The molecule has 1 aromatic rings. The molecule has 0 radical (unpaired) electrons. The van der Waals surface area contributed by atoms with E-state index in [0.717, 1.165) is 5.01 Å². The van der Waals surface area contributed by atoms with Crippen LogP contribution in [-0.2, 0) is 21.8 Å². The first kappa shape index (κ1) is 24.7. The summed E-state index contributed by atoms with van der Waals surface area (Å²) in [6, 6.07) is 7.41. The fraction of sp³-hybridized carbons (Fsp3) is 0.529. The van der Waals surface area contributed by atoms with Gasteiger partial charge in [0.1, 0.15) is 6.23 Å². The zero-order valence-electron chi connectivity index (χ0n) is 14.9. The number of nitrogens with zero attached hydrogens (tertiary/aromatic N) is 2. The van der Waals surface area contributed by atoms with Crippen LogP contribution in [0, 0.1) is 12.0 Å². The van der Waals surface area contributed by atoms with Gasteiger partial charge in [-0.2, -0.15) is 50.4 Å². The molecule has 0 spiro atoms. The van der Waals surface area contributed by atoms with Gasteiger partial charge in [0.15, 0.2) is 11.8 Å². The van der Waals surface area contributed by atoms with Crippen LogP contribution in [0.3, 0.4) is 0 Å². The number of hydrogen-bond donors (Lipinski definition) is 1. The molecule has 3 atom stereocenters. The number of anilines is 1. The second-order valence-corrected chi connectivity index (χ2v) is 5.93. The summed E-state index contributed by atoms with van der Waals surface area (Å²) in [6.07, 6.45) is -14.6. The maximum atomic E-state index is 13.4. The predicted molar refractivity (Wildman–Crippen MR) is 86.7 cm³/mol. The molecule has 0 aromatic heterocycles. The van der Waals surface area contributed by atoms with Gasteiger partial charge in [-0.3, -0.25) is 0 Å². The van der Waals surface area contributed by atoms with Gasteiger partial charge in [0.2, 0.25) is 0 Å². The van der Waals surface area contributed by atoms with Crippen molar-refractivity contribution >= 4 is 11.4 Å². The molecule has 0 fully saturated rings. The minimum Gasteiger partial charge on any atom is -0.529 e. The third kappa shape index (κ3) is 5.40. The number of rotatable bonds is 6. The van der Waals surface area contributed by atoms with Gasteiger partial charge in [-0.25, -0.2) is 5.01 Å². The monoisotopic (exact) mass is 460 g/mol. The van der Waals surface area contributed by atoms with Crippen molar-refractivity contribution in [3.63, 3.8) is 0 Å². The summed E-state index contributed by atoms with van der Waals surface area (Å²) in [6.45, 7) is 3.34. The molecule has 2 rings (SSSR count). The van der Waals surface area contributed by atoms with Gasteiger partial charge in [-0.1, -0.05) is 32.0 Å². The van der Waals surface area contributed by atoms with Crippen molar-refractivity contribution in [2.75, 3.05) is 5.01 Å². The molecule has 11 heteroatoms. The van der Waals surface area contributed by atoms with Crippen molar-refractivity contribution in [3.8, 4) is 0 Å². The molecular formula is C17H19CuF6N2O2. The Bertz CT molecular complexity index is 649. The van der Waals surface area contributed by atoms with E-state index >= 15 is 0 Å². The van der Waals surface area contributed by atoms with Crippen LogP contribution >= 0.6 is 0 Å². The molecule has 1 N–H and O–H groups in total. The standard InChI is InChI=1S/C17H19F6N2O2.Cu/c1-3-11(4-2)27-15-12(14(26)17(21,22)23)13(16(18,19)20)24-25(15)10-8-6-5-7-9-10;/h5-9,12,14-15,26H,3-4H2,1-2H3;/q-1;+1. The first-order valence-electron chi connectivity index (χ1n) is 8.26. The topological polar surface area (TPSA) is 45.1 Å². The van der Waals surface area contributed by atoms with Gasteiger partial charge in [0.25, 0.3) is 0 Å². The molecule has 0 amide bonds. The number of benzene rings is 1. The molecule has 4 nitrogen and oxygen atoms in total. The summed E-state index contributed by atoms with van der Waals surface area (Å²) in [5.74, 6) is -2.45. The average molecular weight is 461 g/mol. The number of hydrazone groups is 1. The minimum absolute atomic E-state index is 0. The second kappa shape index (κ2) is 9.47. The van der Waals surface area contributed by atoms with Crippen molar-refractivity contribution in [1.82, 2.24) is 0 Å². The smallest absolute Gasteiger partial charge is 0.529 e. The maximum Gasteiger partial charge on any atom is 1.00 e. The van der Waals surface area contributed by atoms with Gasteiger partial charge < -0.3 is 9.84 Å². The molecule has 0 bridgehead atoms. The van der Waals surface area contributed by atoms with E-state index in [9.17, 15) is 31.4 Å². The molecule has 1 aromatic carbocycles. The largest absolute Gasteiger partial charge is 1.00 e. The Morgan fingerprint density at radius 1 is 1.11 bits per heavy atom. The quantitative estimate of drug-likeness (QED) is 0.381. The van der Waals surface area contributed by atoms with E-state index in [1.165, 1.54) is 24.3 Å². The van der Waals surface area contributed by atoms with Crippen LogP contribution in [0.5, 0.6) is 0 Å². The van der Waals surface area contributed by atoms with Crippen LogP contribution in [0.1, 0.15) is 26.7 Å². The number of aliphatic hydroxyl groups is 1. The molecule has 0 saturated heterocycles. The van der Waals surface area contributed by atoms with Crippen LogP contribution in [0.2, 0.25) is 0 Å². The first-order chi connectivity index (χ1) is 12.5. The van der Waals surface area contributed by atoms with Gasteiger partial charge in [0.05, 0.1) is 11.6 Å². The molecule has 0 saturated carbocycles. The summed E-state index contributed by atoms with van der Waals surface area (Å²) in [7, 11) is 0. The molecule has 28 heavy (non-hydrogen) atoms. The normalized spacial score (nSPS) is 21.5. The van der Waals surface area contributed by atoms with E-state index in [0.29, 0.717) is 18.9 Å². The van der Waals surface area contributed by atoms with Gasteiger partial charge in [-0.15, -0.1) is 0 Å². The molecule has 1 aliphatic heterocycles. The zero-order valence-corrected chi connectivity index (χ0v) is 15.8. The number of ether oxygens (including phenoxy) is 1. The number of aliphatic hydroxyl groups excluding tert-OH is 1. The van der Waals surface area contributed by atoms with E-state index in [4.69, 9.17) is 4.74 Å². The van der Waals surface area contributed by atoms with E-state index in [2.05, 4.69) is 5.10 Å². The Morgan fingerprint density at radius 2 is 1.64 bits per heavy atom. The van der Waals surface area contributed by atoms with Crippen molar-refractivity contribution in [3.05, 3.63) is 36.4 Å². The zero-order chi connectivity index (χ0) is 20.4. The van der Waals surface area contributed by atoms with Crippen LogP contribution in [-0.4, -0.2) is 35.5 Å². The summed E-state index contributed by atoms with van der Waals surface area (Å²) >= 11 is 0. The van der Waals surface area contributed by atoms with Gasteiger partial charge in [-0.05, 0) is 12.1 Å². The fourth-order valence-electron chi connectivity index (χ4n) is 2.78. The van der Waals surface area contributed by atoms with E-state index in [1.54, 1.807) is 19.9 Å². The Morgan fingerprint density at radius 3 is 2.07 bits per heavy atom. The van der Waals surface area contributed by atoms with Gasteiger partial charge >= 0.3 is 29.4 Å². The Labute approximate surface area is 169 Å². The molecule has 0 aliphatic carbocycles. The average Bonchev–Trinajstić information content (AvgIpc) is 2.98. The third-order valence-electron chi connectivity index (χ3n) is 4.14. The van der Waals surface area contributed by atoms with Crippen LogP contribution in [0.15, 0.2) is 35.4 Å². The van der Waals surface area contributed by atoms with E-state index in [-0.39, 0.29) is 22.8 Å². The first-order valence-corrected chi connectivity index (χ1v) is 8.26. The molecule has 1 aliphatic rings. The van der Waals surface area contributed by atoms with Crippen molar-refractivity contribution in [1.29, 1.82) is 0 Å². The summed E-state index contributed by atoms with van der Waals surface area (Å²) < 4.78 is 85.1. The molecular weight excluding hydrogens is 442 g/mol. The van der Waals surface area contributed by atoms with Crippen LogP contribution in [0.25, 0.3) is 0 Å². The molecule has 1 heterocycles. The van der Waals surface area contributed by atoms with Crippen LogP contribution in [0.4, 0.5) is 32.0 Å². The predicted octanol–water partition coefficient (Wildman–Crippen LogP) is 4.66. The summed E-state index contributed by atoms with van der Waals surface area (Å²) in [5, 5.41) is 13.8. The van der Waals surface area contributed by atoms with E-state index < -0.39 is 36.3 Å². The number of para-hydroxylation sites is 1. The van der Waals surface area contributed by atoms with Crippen molar-refractivity contribution < 1.29 is 53.3 Å². The molecule has 3 unspecified atom stereocenters. The SMILES string of the molecule is CC[C-](CC)OC1C(C(O)C(F)(F)F)C(C(F)(F)F)=NN1c1ccccc1.[Cu+]. The Balaban J connectivity index is 0.00000392. The van der Waals surface area contributed by atoms with E-state index in [1.807, 2.05) is 0 Å². The number of alkyl halides is 6. The Hall–Kier alpha value is -1.29. The maximum absolute atomic E-state index is 13.4. The fourth-order valence-corrected chi connectivity index (χ4v) is 2.78. The molecule has 162 valence electrons. The van der Waals surface area contributed by atoms with Crippen LogP contribution < -0.4 is 5.01 Å². The van der Waals surface area contributed by atoms with Crippen molar-refractivity contribution in [2.24, 2.45) is 11.0 Å². The second-order valence-electron chi connectivity index (χ2n) is 5.93. The Kier molecular flexibility index (Phi) is 8.37. The summed E-state index contributed by atoms with van der Waals surface area (Å²) in [4.78, 5) is 0. The summed E-state index contributed by atoms with van der Waals surface area (Å²) in [5.41, 5.74) is -1.61.